The number of pyridine rings is 1. The van der Waals surface area contributed by atoms with Crippen LogP contribution in [0.25, 0.3) is 0 Å². The lowest BCUT2D eigenvalue weighted by Crippen LogP contribution is -2.14. The minimum Gasteiger partial charge on any atom is -0.397 e. The van der Waals surface area contributed by atoms with Crippen molar-refractivity contribution in [1.29, 1.82) is 0 Å². The molecule has 0 aliphatic rings. The molecule has 0 saturated heterocycles. The molecule has 0 unspecified atom stereocenters. The van der Waals surface area contributed by atoms with Gasteiger partial charge in [-0.3, -0.25) is 4.79 Å². The van der Waals surface area contributed by atoms with Gasteiger partial charge in [0.15, 0.2) is 0 Å². The lowest BCUT2D eigenvalue weighted by Gasteiger charge is -1.99. The molecule has 1 rings (SSSR count). The number of rotatable bonds is 1. The zero-order chi connectivity index (χ0) is 8.43. The number of hydrogen-bond donors (Lipinski definition) is 2. The van der Waals surface area contributed by atoms with Crippen molar-refractivity contribution in [2.75, 3.05) is 5.73 Å². The number of halogens is 1. The molecule has 1 aromatic heterocycles. The maximum atomic E-state index is 10.7. The first-order valence-electron chi connectivity index (χ1n) is 2.82. The zero-order valence-corrected chi connectivity index (χ0v) is 7.70. The molecule has 0 bridgehead atoms. The first-order valence-corrected chi connectivity index (χ1v) is 3.90. The second kappa shape index (κ2) is 3.04. The average molecular weight is 263 g/mol. The number of carbonyl (C=O) groups is 1. The molecule has 0 aliphatic heterocycles. The molecule has 11 heavy (non-hydrogen) atoms. The molecule has 0 atom stereocenters. The van der Waals surface area contributed by atoms with Crippen LogP contribution in [0.3, 0.4) is 0 Å². The first kappa shape index (κ1) is 8.25. The van der Waals surface area contributed by atoms with Crippen molar-refractivity contribution in [2.24, 2.45) is 5.73 Å². The number of anilines is 1. The summed E-state index contributed by atoms with van der Waals surface area (Å²) in [5, 5.41) is 0. The molecule has 0 spiro atoms. The predicted octanol–water partition coefficient (Wildman–Crippen LogP) is 0.367. The van der Waals surface area contributed by atoms with Gasteiger partial charge in [-0.2, -0.15) is 0 Å². The predicted molar refractivity (Wildman–Crippen MR) is 49.9 cm³/mol. The van der Waals surface area contributed by atoms with Gasteiger partial charge < -0.3 is 11.5 Å². The standard InChI is InChI=1S/C6H6IN3O/c7-5-1-3(6(9)11)4(8)2-10-5/h1-2H,8H2,(H2,9,11). The highest BCUT2D eigenvalue weighted by Crippen LogP contribution is 2.11. The van der Waals surface area contributed by atoms with Gasteiger partial charge in [-0.25, -0.2) is 4.98 Å². The zero-order valence-electron chi connectivity index (χ0n) is 5.54. The first-order chi connectivity index (χ1) is 5.11. The van der Waals surface area contributed by atoms with Gasteiger partial charge in [0.2, 0.25) is 0 Å². The number of amides is 1. The van der Waals surface area contributed by atoms with Crippen LogP contribution in [-0.2, 0) is 0 Å². The minimum atomic E-state index is -0.525. The van der Waals surface area contributed by atoms with Crippen molar-refractivity contribution in [1.82, 2.24) is 4.98 Å². The lowest BCUT2D eigenvalue weighted by molar-refractivity contribution is 0.100. The number of nitrogen functional groups attached to an aromatic ring is 1. The van der Waals surface area contributed by atoms with Gasteiger partial charge in [0, 0.05) is 0 Å². The van der Waals surface area contributed by atoms with Crippen molar-refractivity contribution >= 4 is 34.2 Å². The maximum absolute atomic E-state index is 10.7. The van der Waals surface area contributed by atoms with Crippen LogP contribution in [0.2, 0.25) is 0 Å². The number of nitrogens with two attached hydrogens (primary N) is 2. The Morgan fingerprint density at radius 3 is 2.73 bits per heavy atom. The molecule has 0 saturated carbocycles. The second-order valence-electron chi connectivity index (χ2n) is 1.96. The van der Waals surface area contributed by atoms with Gasteiger partial charge >= 0.3 is 0 Å². The highest BCUT2D eigenvalue weighted by atomic mass is 127. The molecule has 4 N–H and O–H groups in total. The van der Waals surface area contributed by atoms with Gasteiger partial charge in [0.05, 0.1) is 17.4 Å². The van der Waals surface area contributed by atoms with E-state index in [4.69, 9.17) is 11.5 Å². The van der Waals surface area contributed by atoms with Crippen molar-refractivity contribution in [2.45, 2.75) is 0 Å². The Hall–Kier alpha value is -0.850. The van der Waals surface area contributed by atoms with Crippen LogP contribution in [0.15, 0.2) is 12.3 Å². The van der Waals surface area contributed by atoms with E-state index in [-0.39, 0.29) is 0 Å². The summed E-state index contributed by atoms with van der Waals surface area (Å²) in [6, 6.07) is 1.55. The Morgan fingerprint density at radius 2 is 2.27 bits per heavy atom. The molecule has 0 aliphatic carbocycles. The van der Waals surface area contributed by atoms with Crippen LogP contribution in [0, 0.1) is 3.70 Å². The van der Waals surface area contributed by atoms with E-state index in [1.807, 2.05) is 22.6 Å². The third-order valence-electron chi connectivity index (χ3n) is 1.17. The third-order valence-corrected chi connectivity index (χ3v) is 1.76. The number of primary amides is 1. The molecule has 0 aromatic carbocycles. The monoisotopic (exact) mass is 263 g/mol. The van der Waals surface area contributed by atoms with E-state index in [1.54, 1.807) is 6.07 Å². The molecule has 1 aromatic rings. The summed E-state index contributed by atoms with van der Waals surface area (Å²) in [5.74, 6) is -0.525. The summed E-state index contributed by atoms with van der Waals surface area (Å²) in [6.45, 7) is 0. The molecular formula is C6H6IN3O. The van der Waals surface area contributed by atoms with E-state index in [0.717, 1.165) is 0 Å². The van der Waals surface area contributed by atoms with E-state index in [0.29, 0.717) is 15.0 Å². The Labute approximate surface area is 77.1 Å². The SMILES string of the molecule is NC(=O)c1cc(I)ncc1N. The highest BCUT2D eigenvalue weighted by Gasteiger charge is 2.05. The second-order valence-corrected chi connectivity index (χ2v) is 3.06. The molecule has 1 amide bonds. The Balaban J connectivity index is 3.23. The number of nitrogens with zero attached hydrogens (tertiary/aromatic N) is 1. The van der Waals surface area contributed by atoms with Crippen LogP contribution in [-0.4, -0.2) is 10.9 Å². The lowest BCUT2D eigenvalue weighted by atomic mass is 10.2. The van der Waals surface area contributed by atoms with Crippen LogP contribution in [0.4, 0.5) is 5.69 Å². The highest BCUT2D eigenvalue weighted by molar-refractivity contribution is 14.1. The summed E-state index contributed by atoms with van der Waals surface area (Å²) in [4.78, 5) is 14.6. The Bertz CT molecular complexity index is 300. The van der Waals surface area contributed by atoms with Crippen LogP contribution < -0.4 is 11.5 Å². The quantitative estimate of drug-likeness (QED) is 0.567. The average Bonchev–Trinajstić information content (AvgIpc) is 1.94. The van der Waals surface area contributed by atoms with E-state index in [2.05, 4.69) is 4.98 Å². The molecule has 0 fully saturated rings. The topological polar surface area (TPSA) is 82.0 Å². The largest absolute Gasteiger partial charge is 0.397 e. The number of hydrogen-bond acceptors (Lipinski definition) is 3. The fourth-order valence-electron chi connectivity index (χ4n) is 0.654. The Morgan fingerprint density at radius 1 is 1.64 bits per heavy atom. The van der Waals surface area contributed by atoms with E-state index in [1.165, 1.54) is 6.20 Å². The number of carbonyl (C=O) groups excluding carboxylic acids is 1. The summed E-state index contributed by atoms with van der Waals surface area (Å²) in [6.07, 6.45) is 1.42. The van der Waals surface area contributed by atoms with Gasteiger partial charge in [-0.05, 0) is 28.7 Å². The fourth-order valence-corrected chi connectivity index (χ4v) is 1.10. The third kappa shape index (κ3) is 1.79. The van der Waals surface area contributed by atoms with Gasteiger partial charge in [-0.15, -0.1) is 0 Å². The number of aromatic nitrogens is 1. The summed E-state index contributed by atoms with van der Waals surface area (Å²) < 4.78 is 0.700. The van der Waals surface area contributed by atoms with Crippen molar-refractivity contribution in [3.63, 3.8) is 0 Å². The maximum Gasteiger partial charge on any atom is 0.250 e. The van der Waals surface area contributed by atoms with Crippen LogP contribution >= 0.6 is 22.6 Å². The molecular weight excluding hydrogens is 257 g/mol. The molecule has 58 valence electrons. The smallest absolute Gasteiger partial charge is 0.250 e. The van der Waals surface area contributed by atoms with Crippen LogP contribution in [0.1, 0.15) is 10.4 Å². The molecule has 5 heteroatoms. The molecule has 4 nitrogen and oxygen atoms in total. The van der Waals surface area contributed by atoms with Crippen LogP contribution in [0.5, 0.6) is 0 Å². The summed E-state index contributed by atoms with van der Waals surface area (Å²) in [5.41, 5.74) is 11.1. The molecule has 0 radical (unpaired) electrons. The van der Waals surface area contributed by atoms with E-state index in [9.17, 15) is 4.79 Å². The fraction of sp³-hybridized carbons (Fsp3) is 0. The normalized spacial score (nSPS) is 9.55. The van der Waals surface area contributed by atoms with Crippen molar-refractivity contribution < 1.29 is 4.79 Å². The van der Waals surface area contributed by atoms with E-state index >= 15 is 0 Å². The summed E-state index contributed by atoms with van der Waals surface area (Å²) >= 11 is 1.98. The van der Waals surface area contributed by atoms with Crippen molar-refractivity contribution in [3.05, 3.63) is 21.5 Å². The van der Waals surface area contributed by atoms with E-state index < -0.39 is 5.91 Å². The van der Waals surface area contributed by atoms with Gasteiger partial charge in [0.25, 0.3) is 5.91 Å². The van der Waals surface area contributed by atoms with Gasteiger partial charge in [-0.1, -0.05) is 0 Å². The Kier molecular flexibility index (Phi) is 2.28. The summed E-state index contributed by atoms with van der Waals surface area (Å²) in [7, 11) is 0. The molecule has 1 heterocycles. The minimum absolute atomic E-state index is 0.318. The van der Waals surface area contributed by atoms with Crippen molar-refractivity contribution in [3.8, 4) is 0 Å². The van der Waals surface area contributed by atoms with Gasteiger partial charge in [0.1, 0.15) is 3.70 Å².